The Bertz CT molecular complexity index is 1790. The zero-order valence-corrected chi connectivity index (χ0v) is 31.6. The maximum absolute atomic E-state index is 13.3. The minimum atomic E-state index is -2.13. The molecule has 6 fully saturated rings. The number of fused-ring (bicyclic) bond motifs is 6. The molecule has 4 bridgehead atoms. The van der Waals surface area contributed by atoms with Crippen LogP contribution in [0.25, 0.3) is 0 Å². The molecule has 0 aliphatic carbocycles. The Hall–Kier alpha value is -3.61. The van der Waals surface area contributed by atoms with Crippen molar-refractivity contribution in [3.05, 3.63) is 144 Å². The summed E-state index contributed by atoms with van der Waals surface area (Å²) in [7, 11) is 0. The molecule has 2 N–H and O–H groups in total. The van der Waals surface area contributed by atoms with E-state index in [0.717, 1.165) is 32.5 Å². The van der Waals surface area contributed by atoms with E-state index in [1.807, 2.05) is 48.5 Å². The number of benzene rings is 4. The molecule has 9 heteroatoms. The normalized spacial score (nSPS) is 27.3. The van der Waals surface area contributed by atoms with Crippen molar-refractivity contribution in [3.8, 4) is 0 Å². The second-order valence-electron chi connectivity index (χ2n) is 14.5. The summed E-state index contributed by atoms with van der Waals surface area (Å²) in [5, 5.41) is 23.0. The summed E-state index contributed by atoms with van der Waals surface area (Å²) in [4.78, 5) is 28.8. The van der Waals surface area contributed by atoms with E-state index in [1.165, 1.54) is 0 Å². The number of hydrogen-bond donors (Lipinski definition) is 2. The van der Waals surface area contributed by atoms with Gasteiger partial charge < -0.3 is 24.2 Å². The number of halogens is 1. The van der Waals surface area contributed by atoms with Crippen molar-refractivity contribution in [2.75, 3.05) is 46.2 Å². The summed E-state index contributed by atoms with van der Waals surface area (Å²) in [5.41, 5.74) is -1.80. The number of piperidine rings is 6. The number of carbonyl (C=O) groups excluding carboxylic acids is 2. The van der Waals surface area contributed by atoms with Crippen LogP contribution in [0.5, 0.6) is 0 Å². The van der Waals surface area contributed by atoms with E-state index >= 15 is 0 Å². The Labute approximate surface area is 328 Å². The van der Waals surface area contributed by atoms with Gasteiger partial charge in [0, 0.05) is 25.3 Å². The monoisotopic (exact) mass is 823 g/mol. The lowest BCUT2D eigenvalue weighted by atomic mass is 9.83. The number of aliphatic hydroxyl groups is 2. The molecule has 6 saturated heterocycles. The molecule has 52 heavy (non-hydrogen) atoms. The zero-order chi connectivity index (χ0) is 38.0. The molecule has 10 rings (SSSR count). The van der Waals surface area contributed by atoms with Crippen LogP contribution < -0.4 is 0 Å². The highest BCUT2D eigenvalue weighted by Crippen LogP contribution is 2.38. The van der Waals surface area contributed by atoms with E-state index in [0.29, 0.717) is 54.1 Å². The van der Waals surface area contributed by atoms with Gasteiger partial charge in [0.15, 0.2) is 6.10 Å². The zero-order valence-electron chi connectivity index (χ0n) is 32.3. The van der Waals surface area contributed by atoms with Crippen molar-refractivity contribution in [3.63, 3.8) is 0 Å². The average Bonchev–Trinajstić information content (AvgIpc) is 3.22. The molecule has 6 aliphatic heterocycles. The molecule has 0 saturated carbocycles. The topological polar surface area (TPSA) is 96.3 Å². The first kappa shape index (κ1) is 34.2. The van der Waals surface area contributed by atoms with Gasteiger partial charge in [-0.05, 0) is 54.1 Å². The van der Waals surface area contributed by atoms with Crippen molar-refractivity contribution in [1.82, 2.24) is 4.90 Å². The fraction of sp³-hybridized carbons (Fsp3) is 0.395. The molecule has 4 aromatic rings. The van der Waals surface area contributed by atoms with Gasteiger partial charge in [-0.3, -0.25) is 4.90 Å². The Balaban J connectivity index is 0.000000185. The van der Waals surface area contributed by atoms with E-state index in [-0.39, 0.29) is 47.0 Å². The van der Waals surface area contributed by atoms with Gasteiger partial charge in [-0.1, -0.05) is 121 Å². The predicted molar refractivity (Wildman–Crippen MR) is 210 cm³/mol. The summed E-state index contributed by atoms with van der Waals surface area (Å²) >= 11 is 0. The maximum Gasteiger partial charge on any atom is 0.348 e. The van der Waals surface area contributed by atoms with Crippen LogP contribution in [0.2, 0.25) is 0 Å². The molecule has 2 unspecified atom stereocenters. The number of carbonyl (C=O) groups is 2. The molecular formula is C43H50IN2O6+. The Kier molecular flexibility index (Phi) is 10.6. The molecule has 0 amide bonds. The molecule has 2 atom stereocenters. The molecule has 4 aromatic carbocycles. The van der Waals surface area contributed by atoms with E-state index < -0.39 is 36.2 Å². The van der Waals surface area contributed by atoms with Gasteiger partial charge in [-0.15, -0.1) is 24.0 Å². The van der Waals surface area contributed by atoms with Crippen molar-refractivity contribution in [2.45, 2.75) is 49.1 Å². The number of hydrogen-bond acceptors (Lipinski definition) is 7. The summed E-state index contributed by atoms with van der Waals surface area (Å²) in [6, 6.07) is 35.6. The van der Waals surface area contributed by atoms with Gasteiger partial charge in [0.25, 0.3) is 0 Å². The molecule has 0 spiro atoms. The fourth-order valence-electron chi connectivity index (χ4n) is 8.28. The average molecular weight is 824 g/mol. The van der Waals surface area contributed by atoms with Crippen LogP contribution in [-0.4, -0.2) is 90.0 Å². The predicted octanol–water partition coefficient (Wildman–Crippen LogP) is 5.88. The van der Waals surface area contributed by atoms with Gasteiger partial charge in [-0.25, -0.2) is 9.59 Å². The third-order valence-electron chi connectivity index (χ3n) is 11.4. The van der Waals surface area contributed by atoms with Crippen LogP contribution in [0.15, 0.2) is 121 Å². The van der Waals surface area contributed by atoms with Gasteiger partial charge in [-0.2, -0.15) is 0 Å². The van der Waals surface area contributed by atoms with Crippen molar-refractivity contribution < 1.29 is 37.9 Å². The van der Waals surface area contributed by atoms with E-state index in [1.54, 1.807) is 72.8 Å². The van der Waals surface area contributed by atoms with Crippen LogP contribution in [0.4, 0.5) is 0 Å². The van der Waals surface area contributed by atoms with Gasteiger partial charge >= 0.3 is 11.9 Å². The van der Waals surface area contributed by atoms with Crippen LogP contribution in [-0.2, 0) is 30.3 Å². The first-order valence-electron chi connectivity index (χ1n) is 19.6. The Morgan fingerprint density at radius 1 is 0.635 bits per heavy atom. The molecule has 6 aliphatic rings. The quantitative estimate of drug-likeness (QED) is 0.130. The lowest BCUT2D eigenvalue weighted by molar-refractivity contribution is -0.928. The highest BCUT2D eigenvalue weighted by Gasteiger charge is 2.49. The van der Waals surface area contributed by atoms with E-state index in [2.05, 4.69) is 4.90 Å². The Morgan fingerprint density at radius 2 is 1.00 bits per heavy atom. The van der Waals surface area contributed by atoms with Crippen LogP contribution in [0, 0.1) is 11.8 Å². The molecule has 274 valence electrons. The third-order valence-corrected chi connectivity index (χ3v) is 11.4. The van der Waals surface area contributed by atoms with Crippen LogP contribution >= 0.6 is 24.0 Å². The van der Waals surface area contributed by atoms with Gasteiger partial charge in [0.05, 0.1) is 24.2 Å². The largest absolute Gasteiger partial charge is 0.458 e. The fourth-order valence-corrected chi connectivity index (χ4v) is 8.28. The van der Waals surface area contributed by atoms with Crippen molar-refractivity contribution in [1.29, 1.82) is 0 Å². The standard InChI is InChI=1S/C22H26NO3.C21H23NO3.HI/c1-23-14-12-17(13-15-23)20(16-23)26-21(24)22(25,18-8-4-2-5-9-18)19-10-6-3-7-11-19;23-20(25-19-15-22-13-11-16(19)12-14-22)21(24,17-7-3-1-4-8-17)18-9-5-2-6-10-18;/h2-11,17,20,25H,12-16H2,1H3;1-10,16,19,24H,11-15H2;1H/q+1;;/i1T3;;. The van der Waals surface area contributed by atoms with Gasteiger partial charge in [0.1, 0.15) is 12.6 Å². The van der Waals surface area contributed by atoms with Crippen LogP contribution in [0.3, 0.4) is 0 Å². The highest BCUT2D eigenvalue weighted by molar-refractivity contribution is 14.0. The Morgan fingerprint density at radius 3 is 1.35 bits per heavy atom. The molecule has 6 heterocycles. The lowest BCUT2D eigenvalue weighted by Gasteiger charge is -2.50. The molecule has 0 aromatic heterocycles. The van der Waals surface area contributed by atoms with Gasteiger partial charge in [0.2, 0.25) is 11.2 Å². The lowest BCUT2D eigenvalue weighted by Crippen LogP contribution is -2.62. The summed E-state index contributed by atoms with van der Waals surface area (Å²) in [6.45, 7) is 2.24. The summed E-state index contributed by atoms with van der Waals surface area (Å²) in [6.07, 6.45) is 2.91. The smallest absolute Gasteiger partial charge is 0.348 e. The van der Waals surface area contributed by atoms with Crippen LogP contribution in [0.1, 0.15) is 52.0 Å². The van der Waals surface area contributed by atoms with E-state index in [4.69, 9.17) is 13.6 Å². The summed E-state index contributed by atoms with van der Waals surface area (Å²) < 4.78 is 35.7. The maximum atomic E-state index is 13.3. The second kappa shape index (κ2) is 16.2. The van der Waals surface area contributed by atoms with E-state index in [9.17, 15) is 19.8 Å². The molecular weight excluding hydrogens is 767 g/mol. The first-order valence-corrected chi connectivity index (χ1v) is 18.1. The minimum Gasteiger partial charge on any atom is -0.458 e. The number of esters is 2. The number of rotatable bonds is 8. The second-order valence-corrected chi connectivity index (χ2v) is 14.5. The summed E-state index contributed by atoms with van der Waals surface area (Å²) in [5.74, 6) is -0.789. The number of nitrogens with zero attached hydrogens (tertiary/aromatic N) is 2. The van der Waals surface area contributed by atoms with Crippen molar-refractivity contribution >= 4 is 35.9 Å². The number of quaternary nitrogens is 1. The highest BCUT2D eigenvalue weighted by atomic mass is 127. The number of ether oxygens (including phenoxy) is 2. The minimum absolute atomic E-state index is 0. The number of likely N-dealkylation sites (N-methyl/N-ethyl adjacent to an activating group) is 1. The molecule has 8 nitrogen and oxygen atoms in total. The van der Waals surface area contributed by atoms with Crippen molar-refractivity contribution in [2.24, 2.45) is 11.8 Å². The SMILES string of the molecule is I.O=C(OC1CN2CCC1CC2)C(O)(c1ccccc1)c1ccccc1.[3H]C([3H])([3H])[N+]12CCC(CC1)C(OC(=O)C(O)(c1ccccc1)c1ccccc1)C2. The first-order chi connectivity index (χ1) is 25.9. The third kappa shape index (κ3) is 7.70. The molecule has 0 radical (unpaired) electrons.